The first kappa shape index (κ1) is 21.9. The van der Waals surface area contributed by atoms with Gasteiger partial charge in [0.2, 0.25) is 0 Å². The van der Waals surface area contributed by atoms with E-state index in [-0.39, 0.29) is 6.04 Å². The molecule has 0 aromatic carbocycles. The van der Waals surface area contributed by atoms with Gasteiger partial charge in [-0.3, -0.25) is 4.57 Å². The van der Waals surface area contributed by atoms with Gasteiger partial charge in [0.1, 0.15) is 0 Å². The van der Waals surface area contributed by atoms with Crippen LogP contribution in [0, 0.1) is 5.21 Å². The number of alkyl halides is 2. The van der Waals surface area contributed by atoms with Gasteiger partial charge in [0.05, 0.1) is 6.61 Å². The standard InChI is InChI=1S/C16H31Cl2N3O3P/c1-15(2)12-14(13-16(3,4)21(15)22)20-8-5-11-24-25(20,23)19(9-6-17)10-7-18/h14H,5-13H2,1-4H3/q-1. The fourth-order valence-corrected chi connectivity index (χ4v) is 7.55. The highest BCUT2D eigenvalue weighted by molar-refractivity contribution is 7.54. The Balaban J connectivity index is 2.32. The van der Waals surface area contributed by atoms with Gasteiger partial charge < -0.3 is 14.8 Å². The molecule has 0 bridgehead atoms. The number of halogens is 2. The Morgan fingerprint density at radius 1 is 1.16 bits per heavy atom. The summed E-state index contributed by atoms with van der Waals surface area (Å²) in [4.78, 5) is 0. The van der Waals surface area contributed by atoms with Crippen molar-refractivity contribution in [1.29, 1.82) is 0 Å². The van der Waals surface area contributed by atoms with Gasteiger partial charge in [0.15, 0.2) is 0 Å². The number of hydrogen-bond donors (Lipinski definition) is 0. The summed E-state index contributed by atoms with van der Waals surface area (Å²) in [6, 6.07) is 0.0227. The number of nitrogens with zero attached hydrogens (tertiary/aromatic N) is 3. The van der Waals surface area contributed by atoms with E-state index in [0.29, 0.717) is 50.8 Å². The van der Waals surface area contributed by atoms with Crippen LogP contribution in [-0.4, -0.2) is 69.5 Å². The number of rotatable bonds is 6. The van der Waals surface area contributed by atoms with E-state index >= 15 is 0 Å². The fraction of sp³-hybridized carbons (Fsp3) is 1.00. The van der Waals surface area contributed by atoms with Crippen LogP contribution in [0.3, 0.4) is 0 Å². The van der Waals surface area contributed by atoms with E-state index in [9.17, 15) is 9.77 Å². The van der Waals surface area contributed by atoms with Crippen LogP contribution in [0.5, 0.6) is 0 Å². The average Bonchev–Trinajstić information content (AvgIpc) is 2.52. The molecule has 9 heteroatoms. The van der Waals surface area contributed by atoms with Gasteiger partial charge in [-0.05, 0) is 47.0 Å². The third-order valence-corrected chi connectivity index (χ3v) is 8.30. The topological polar surface area (TPSA) is 59.1 Å². The van der Waals surface area contributed by atoms with Crippen LogP contribution < -0.4 is 0 Å². The molecule has 25 heavy (non-hydrogen) atoms. The lowest BCUT2D eigenvalue weighted by atomic mass is 9.79. The van der Waals surface area contributed by atoms with Crippen molar-refractivity contribution in [2.75, 3.05) is 38.0 Å². The molecule has 1 unspecified atom stereocenters. The van der Waals surface area contributed by atoms with Crippen LogP contribution in [0.15, 0.2) is 0 Å². The second kappa shape index (κ2) is 8.32. The molecule has 1 atom stereocenters. The van der Waals surface area contributed by atoms with Gasteiger partial charge in [-0.15, -0.1) is 23.2 Å². The lowest BCUT2D eigenvalue weighted by Gasteiger charge is -2.62. The second-order valence-electron chi connectivity index (χ2n) is 8.15. The molecule has 6 nitrogen and oxygen atoms in total. The summed E-state index contributed by atoms with van der Waals surface area (Å²) < 4.78 is 23.5. The minimum Gasteiger partial charge on any atom is -0.784 e. The maximum atomic E-state index is 13.9. The highest BCUT2D eigenvalue weighted by Crippen LogP contribution is 2.59. The van der Waals surface area contributed by atoms with Crippen LogP contribution in [0.25, 0.3) is 0 Å². The Morgan fingerprint density at radius 3 is 2.16 bits per heavy atom. The molecule has 2 saturated heterocycles. The van der Waals surface area contributed by atoms with Crippen molar-refractivity contribution in [1.82, 2.24) is 14.4 Å². The molecule has 0 spiro atoms. The van der Waals surface area contributed by atoms with Crippen molar-refractivity contribution < 1.29 is 9.09 Å². The largest absolute Gasteiger partial charge is 0.784 e. The van der Waals surface area contributed by atoms with E-state index in [2.05, 4.69) is 0 Å². The minimum atomic E-state index is -3.19. The van der Waals surface area contributed by atoms with Crippen molar-refractivity contribution in [2.45, 2.75) is 64.1 Å². The summed E-state index contributed by atoms with van der Waals surface area (Å²) >= 11 is 11.9. The molecule has 2 fully saturated rings. The van der Waals surface area contributed by atoms with Crippen molar-refractivity contribution in [3.8, 4) is 0 Å². The van der Waals surface area contributed by atoms with Gasteiger partial charge in [-0.1, -0.05) is 0 Å². The first-order chi connectivity index (χ1) is 11.6. The van der Waals surface area contributed by atoms with E-state index in [0.717, 1.165) is 6.42 Å². The molecule has 0 radical (unpaired) electrons. The molecular weight excluding hydrogens is 384 g/mol. The first-order valence-electron chi connectivity index (χ1n) is 8.95. The monoisotopic (exact) mass is 414 g/mol. The van der Waals surface area contributed by atoms with Crippen molar-refractivity contribution >= 4 is 30.9 Å². The SMILES string of the molecule is CC1(C)CC(N2CCCOP2(=O)N(CCCl)CCCl)CC(C)(C)N1[O-]. The highest BCUT2D eigenvalue weighted by atomic mass is 35.5. The molecule has 0 aliphatic carbocycles. The van der Waals surface area contributed by atoms with Crippen molar-refractivity contribution in [3.63, 3.8) is 0 Å². The lowest BCUT2D eigenvalue weighted by molar-refractivity contribution is -0.0233. The van der Waals surface area contributed by atoms with Crippen molar-refractivity contribution in [2.24, 2.45) is 0 Å². The molecule has 2 aliphatic heterocycles. The molecule has 2 rings (SSSR count). The Bertz CT molecular complexity index is 483. The maximum absolute atomic E-state index is 13.9. The second-order valence-corrected chi connectivity index (χ2v) is 11.2. The third kappa shape index (κ3) is 4.55. The maximum Gasteiger partial charge on any atom is 0.346 e. The number of hydroxylamine groups is 2. The molecular formula is C16H31Cl2N3O3P-. The molecule has 2 aliphatic rings. The molecule has 0 amide bonds. The van der Waals surface area contributed by atoms with E-state index in [1.165, 1.54) is 5.06 Å². The molecule has 0 aromatic heterocycles. The lowest BCUT2D eigenvalue weighted by Crippen LogP contribution is -2.62. The average molecular weight is 415 g/mol. The number of piperidine rings is 1. The third-order valence-electron chi connectivity index (χ3n) is 5.15. The predicted octanol–water partition coefficient (Wildman–Crippen LogP) is 4.12. The number of hydrogen-bond acceptors (Lipinski definition) is 4. The Kier molecular flexibility index (Phi) is 7.29. The Morgan fingerprint density at radius 2 is 1.68 bits per heavy atom. The van der Waals surface area contributed by atoms with Crippen LogP contribution in [-0.2, 0) is 9.09 Å². The summed E-state index contributed by atoms with van der Waals surface area (Å²) in [5, 5.41) is 13.8. The Hall–Kier alpha value is 0.610. The van der Waals surface area contributed by atoms with Gasteiger partial charge >= 0.3 is 7.67 Å². The first-order valence-corrected chi connectivity index (χ1v) is 11.5. The fourth-order valence-electron chi connectivity index (χ4n) is 4.22. The van der Waals surface area contributed by atoms with E-state index < -0.39 is 18.7 Å². The zero-order valence-electron chi connectivity index (χ0n) is 15.7. The minimum absolute atomic E-state index is 0.0227. The summed E-state index contributed by atoms with van der Waals surface area (Å²) in [7, 11) is -3.19. The van der Waals surface area contributed by atoms with Gasteiger partial charge in [-0.2, -0.15) is 0 Å². The summed E-state index contributed by atoms with van der Waals surface area (Å²) in [5.74, 6) is 0.738. The van der Waals surface area contributed by atoms with Crippen LogP contribution in [0.4, 0.5) is 0 Å². The quantitative estimate of drug-likeness (QED) is 0.481. The van der Waals surface area contributed by atoms with Crippen molar-refractivity contribution in [3.05, 3.63) is 5.21 Å². The van der Waals surface area contributed by atoms with E-state index in [4.69, 9.17) is 27.7 Å². The van der Waals surface area contributed by atoms with E-state index in [1.807, 2.05) is 32.4 Å². The summed E-state index contributed by atoms with van der Waals surface area (Å²) in [6.07, 6.45) is 2.14. The van der Waals surface area contributed by atoms with Crippen LogP contribution in [0.2, 0.25) is 0 Å². The molecule has 148 valence electrons. The normalized spacial score (nSPS) is 31.5. The van der Waals surface area contributed by atoms with Crippen LogP contribution in [0.1, 0.15) is 47.0 Å². The summed E-state index contributed by atoms with van der Waals surface area (Å²) in [5.41, 5.74) is -1.03. The van der Waals surface area contributed by atoms with E-state index in [1.54, 1.807) is 4.67 Å². The van der Waals surface area contributed by atoms with Gasteiger partial charge in [0, 0.05) is 48.5 Å². The van der Waals surface area contributed by atoms with Crippen LogP contribution >= 0.6 is 30.9 Å². The van der Waals surface area contributed by atoms with Gasteiger partial charge in [0.25, 0.3) is 0 Å². The summed E-state index contributed by atoms with van der Waals surface area (Å²) in [6.45, 7) is 9.94. The molecule has 0 N–H and O–H groups in total. The predicted molar refractivity (Wildman–Crippen MR) is 104 cm³/mol. The smallest absolute Gasteiger partial charge is 0.346 e. The molecule has 0 saturated carbocycles. The zero-order valence-corrected chi connectivity index (χ0v) is 18.1. The molecule has 0 aromatic rings. The Labute approximate surface area is 161 Å². The van der Waals surface area contributed by atoms with Gasteiger partial charge in [-0.25, -0.2) is 9.34 Å². The molecule has 2 heterocycles. The zero-order chi connectivity index (χ0) is 18.9. The highest BCUT2D eigenvalue weighted by Gasteiger charge is 2.49.